The second-order valence-electron chi connectivity index (χ2n) is 3.02. The van der Waals surface area contributed by atoms with E-state index in [0.29, 0.717) is 22.4 Å². The third kappa shape index (κ3) is 4.37. The molecule has 5 N–H and O–H groups in total. The van der Waals surface area contributed by atoms with Crippen LogP contribution in [0.5, 0.6) is 0 Å². The van der Waals surface area contributed by atoms with Gasteiger partial charge in [0.1, 0.15) is 11.6 Å². The molecule has 4 nitrogen and oxygen atoms in total. The standard InChI is InChI=1S/C10H13ClN4/c1-7(12)2-3-9(13)15-10-6-8(11)4-5-14-10/h2-6H,12-13H2,1H3,(H,14,15)/b7-2-,9-3+. The first-order valence-electron chi connectivity index (χ1n) is 4.36. The normalized spacial score (nSPS) is 12.7. The van der Waals surface area contributed by atoms with Gasteiger partial charge < -0.3 is 16.8 Å². The van der Waals surface area contributed by atoms with Crippen molar-refractivity contribution in [3.8, 4) is 0 Å². The van der Waals surface area contributed by atoms with Crippen LogP contribution in [0, 0.1) is 0 Å². The summed E-state index contributed by atoms with van der Waals surface area (Å²) in [5.74, 6) is 1.05. The zero-order valence-electron chi connectivity index (χ0n) is 8.37. The summed E-state index contributed by atoms with van der Waals surface area (Å²) in [5, 5.41) is 3.48. The number of halogens is 1. The topological polar surface area (TPSA) is 77.0 Å². The van der Waals surface area contributed by atoms with Gasteiger partial charge in [-0.05, 0) is 31.2 Å². The average molecular weight is 225 g/mol. The smallest absolute Gasteiger partial charge is 0.132 e. The second kappa shape index (κ2) is 5.26. The average Bonchev–Trinajstić information content (AvgIpc) is 2.15. The van der Waals surface area contributed by atoms with Crippen molar-refractivity contribution >= 4 is 17.4 Å². The SMILES string of the molecule is C/C(N)=C/C=C(\N)Nc1cc(Cl)ccn1. The first kappa shape index (κ1) is 11.4. The van der Waals surface area contributed by atoms with Crippen molar-refractivity contribution in [2.75, 3.05) is 5.32 Å². The number of nitrogens with zero attached hydrogens (tertiary/aromatic N) is 1. The lowest BCUT2D eigenvalue weighted by molar-refractivity contribution is 1.22. The maximum Gasteiger partial charge on any atom is 0.132 e. The fourth-order valence-corrected chi connectivity index (χ4v) is 1.04. The zero-order chi connectivity index (χ0) is 11.3. The van der Waals surface area contributed by atoms with Crippen molar-refractivity contribution in [2.45, 2.75) is 6.92 Å². The molecule has 0 amide bonds. The molecule has 0 aliphatic rings. The van der Waals surface area contributed by atoms with Gasteiger partial charge in [-0.1, -0.05) is 11.6 Å². The van der Waals surface area contributed by atoms with Crippen molar-refractivity contribution in [3.63, 3.8) is 0 Å². The van der Waals surface area contributed by atoms with Crippen molar-refractivity contribution in [3.05, 3.63) is 47.0 Å². The van der Waals surface area contributed by atoms with Gasteiger partial charge in [0, 0.05) is 16.9 Å². The number of nitrogens with one attached hydrogen (secondary N) is 1. The Kier molecular flexibility index (Phi) is 4.00. The molecular formula is C10H13ClN4. The fraction of sp³-hybridized carbons (Fsp3) is 0.100. The maximum absolute atomic E-state index is 5.78. The summed E-state index contributed by atoms with van der Waals surface area (Å²) >= 11 is 5.78. The van der Waals surface area contributed by atoms with E-state index in [1.54, 1.807) is 37.4 Å². The molecule has 0 aliphatic carbocycles. The maximum atomic E-state index is 5.78. The second-order valence-corrected chi connectivity index (χ2v) is 3.45. The van der Waals surface area contributed by atoms with Crippen LogP contribution in [0.2, 0.25) is 5.02 Å². The molecule has 0 bridgehead atoms. The Morgan fingerprint density at radius 1 is 1.47 bits per heavy atom. The number of allylic oxidation sites excluding steroid dienone is 3. The van der Waals surface area contributed by atoms with Crippen LogP contribution >= 0.6 is 11.6 Å². The molecule has 5 heteroatoms. The number of nitrogens with two attached hydrogens (primary N) is 2. The summed E-state index contributed by atoms with van der Waals surface area (Å²) in [7, 11) is 0. The molecule has 1 rings (SSSR count). The van der Waals surface area contributed by atoms with E-state index in [9.17, 15) is 0 Å². The minimum absolute atomic E-state index is 0.453. The quantitative estimate of drug-likeness (QED) is 0.685. The molecule has 0 atom stereocenters. The number of anilines is 1. The highest BCUT2D eigenvalue weighted by Crippen LogP contribution is 2.12. The molecule has 0 fully saturated rings. The van der Waals surface area contributed by atoms with Crippen LogP contribution in [0.25, 0.3) is 0 Å². The van der Waals surface area contributed by atoms with Gasteiger partial charge in [0.05, 0.1) is 0 Å². The minimum Gasteiger partial charge on any atom is -0.402 e. The van der Waals surface area contributed by atoms with Gasteiger partial charge in [0.15, 0.2) is 0 Å². The van der Waals surface area contributed by atoms with E-state index in [-0.39, 0.29) is 0 Å². The third-order valence-corrected chi connectivity index (χ3v) is 1.76. The fourth-order valence-electron chi connectivity index (χ4n) is 0.884. The van der Waals surface area contributed by atoms with Gasteiger partial charge >= 0.3 is 0 Å². The van der Waals surface area contributed by atoms with Crippen LogP contribution < -0.4 is 16.8 Å². The predicted molar refractivity (Wildman–Crippen MR) is 63.1 cm³/mol. The minimum atomic E-state index is 0.453. The number of rotatable bonds is 3. The summed E-state index contributed by atoms with van der Waals surface area (Å²) in [4.78, 5) is 4.04. The lowest BCUT2D eigenvalue weighted by atomic mass is 10.4. The van der Waals surface area contributed by atoms with Crippen molar-refractivity contribution in [1.82, 2.24) is 4.98 Å². The molecule has 0 saturated carbocycles. The first-order valence-corrected chi connectivity index (χ1v) is 4.74. The molecule has 1 aromatic heterocycles. The van der Waals surface area contributed by atoms with Crippen LogP contribution in [0.15, 0.2) is 42.0 Å². The Bertz CT molecular complexity index is 394. The molecule has 80 valence electrons. The van der Waals surface area contributed by atoms with Crippen LogP contribution in [0.4, 0.5) is 5.82 Å². The summed E-state index contributed by atoms with van der Waals surface area (Å²) in [6.07, 6.45) is 4.97. The molecular weight excluding hydrogens is 212 g/mol. The summed E-state index contributed by atoms with van der Waals surface area (Å²) < 4.78 is 0. The molecule has 0 unspecified atom stereocenters. The van der Waals surface area contributed by atoms with E-state index in [1.807, 2.05) is 0 Å². The van der Waals surface area contributed by atoms with E-state index < -0.39 is 0 Å². The Labute approximate surface area is 93.6 Å². The monoisotopic (exact) mass is 224 g/mol. The van der Waals surface area contributed by atoms with Gasteiger partial charge in [-0.2, -0.15) is 0 Å². The highest BCUT2D eigenvalue weighted by atomic mass is 35.5. The molecule has 0 aromatic carbocycles. The van der Waals surface area contributed by atoms with E-state index in [1.165, 1.54) is 0 Å². The first-order chi connectivity index (χ1) is 7.08. The Morgan fingerprint density at radius 3 is 2.80 bits per heavy atom. The molecule has 15 heavy (non-hydrogen) atoms. The number of pyridine rings is 1. The van der Waals surface area contributed by atoms with E-state index >= 15 is 0 Å². The van der Waals surface area contributed by atoms with Gasteiger partial charge in [-0.3, -0.25) is 0 Å². The number of aromatic nitrogens is 1. The van der Waals surface area contributed by atoms with Gasteiger partial charge in [-0.25, -0.2) is 4.98 Å². The molecule has 0 radical (unpaired) electrons. The molecule has 1 heterocycles. The number of hydrogen-bond donors (Lipinski definition) is 3. The largest absolute Gasteiger partial charge is 0.402 e. The highest BCUT2D eigenvalue weighted by Gasteiger charge is 1.94. The lowest BCUT2D eigenvalue weighted by Crippen LogP contribution is -2.09. The van der Waals surface area contributed by atoms with Gasteiger partial charge in [0.2, 0.25) is 0 Å². The predicted octanol–water partition coefficient (Wildman–Crippen LogP) is 1.81. The van der Waals surface area contributed by atoms with Gasteiger partial charge in [-0.15, -0.1) is 0 Å². The van der Waals surface area contributed by atoms with E-state index in [2.05, 4.69) is 10.3 Å². The molecule has 0 aliphatic heterocycles. The lowest BCUT2D eigenvalue weighted by Gasteiger charge is -2.04. The summed E-state index contributed by atoms with van der Waals surface area (Å²) in [6.45, 7) is 1.78. The van der Waals surface area contributed by atoms with Crippen molar-refractivity contribution in [2.24, 2.45) is 11.5 Å². The van der Waals surface area contributed by atoms with E-state index in [0.717, 1.165) is 0 Å². The van der Waals surface area contributed by atoms with Crippen LogP contribution in [-0.2, 0) is 0 Å². The van der Waals surface area contributed by atoms with Crippen LogP contribution in [0.1, 0.15) is 6.92 Å². The Morgan fingerprint density at radius 2 is 2.20 bits per heavy atom. The Hall–Kier alpha value is -1.68. The summed E-state index contributed by atoms with van der Waals surface area (Å²) in [5.41, 5.74) is 11.8. The third-order valence-electron chi connectivity index (χ3n) is 1.52. The summed E-state index contributed by atoms with van der Waals surface area (Å²) in [6, 6.07) is 3.37. The molecule has 1 aromatic rings. The van der Waals surface area contributed by atoms with Crippen LogP contribution in [-0.4, -0.2) is 4.98 Å². The number of hydrogen-bond acceptors (Lipinski definition) is 4. The zero-order valence-corrected chi connectivity index (χ0v) is 9.12. The highest BCUT2D eigenvalue weighted by molar-refractivity contribution is 6.30. The van der Waals surface area contributed by atoms with E-state index in [4.69, 9.17) is 23.1 Å². The Balaban J connectivity index is 2.70. The molecule has 0 spiro atoms. The van der Waals surface area contributed by atoms with Crippen LogP contribution in [0.3, 0.4) is 0 Å². The van der Waals surface area contributed by atoms with Crippen molar-refractivity contribution < 1.29 is 0 Å². The van der Waals surface area contributed by atoms with Gasteiger partial charge in [0.25, 0.3) is 0 Å². The van der Waals surface area contributed by atoms with Crippen molar-refractivity contribution in [1.29, 1.82) is 0 Å². The molecule has 0 saturated heterocycles.